The highest BCUT2D eigenvalue weighted by atomic mass is 16.1. The molecule has 0 saturated carbocycles. The second-order valence-electron chi connectivity index (χ2n) is 7.61. The molecule has 2 saturated heterocycles. The van der Waals surface area contributed by atoms with Crippen molar-refractivity contribution in [3.63, 3.8) is 0 Å². The van der Waals surface area contributed by atoms with Crippen LogP contribution in [-0.2, 0) is 13.6 Å². The van der Waals surface area contributed by atoms with Gasteiger partial charge in [-0.15, -0.1) is 0 Å². The Morgan fingerprint density at radius 2 is 2.04 bits per heavy atom. The van der Waals surface area contributed by atoms with Crippen molar-refractivity contribution >= 4 is 5.95 Å². The number of rotatable bonds is 4. The second-order valence-corrected chi connectivity index (χ2v) is 7.61. The highest BCUT2D eigenvalue weighted by Crippen LogP contribution is 2.27. The predicted octanol–water partition coefficient (Wildman–Crippen LogP) is 1.87. The fourth-order valence-corrected chi connectivity index (χ4v) is 4.13. The molecule has 2 aliphatic heterocycles. The fourth-order valence-electron chi connectivity index (χ4n) is 4.13. The van der Waals surface area contributed by atoms with E-state index < -0.39 is 0 Å². The van der Waals surface area contributed by atoms with E-state index in [1.165, 1.54) is 25.0 Å². The van der Waals surface area contributed by atoms with E-state index in [1.807, 2.05) is 19.6 Å². The smallest absolute Gasteiger partial charge is 0.252 e. The Morgan fingerprint density at radius 3 is 2.81 bits per heavy atom. The van der Waals surface area contributed by atoms with Gasteiger partial charge in [0.25, 0.3) is 5.56 Å². The molecular formula is C19H28N6O. The number of nitrogens with zero attached hydrogens (tertiary/aromatic N) is 5. The topological polar surface area (TPSA) is 70.1 Å². The number of imidazole rings is 1. The van der Waals surface area contributed by atoms with Crippen LogP contribution >= 0.6 is 0 Å². The molecule has 4 rings (SSSR count). The van der Waals surface area contributed by atoms with E-state index in [-0.39, 0.29) is 5.56 Å². The number of anilines is 1. The molecule has 0 aromatic carbocycles. The largest absolute Gasteiger partial charge is 0.342 e. The van der Waals surface area contributed by atoms with Gasteiger partial charge in [0.2, 0.25) is 5.95 Å². The monoisotopic (exact) mass is 356 g/mol. The van der Waals surface area contributed by atoms with Gasteiger partial charge in [-0.3, -0.25) is 14.7 Å². The lowest BCUT2D eigenvalue weighted by atomic mass is 9.94. The minimum Gasteiger partial charge on any atom is -0.342 e. The van der Waals surface area contributed by atoms with E-state index >= 15 is 0 Å². The number of aromatic amines is 1. The maximum absolute atomic E-state index is 12.2. The summed E-state index contributed by atoms with van der Waals surface area (Å²) < 4.78 is 2.07. The van der Waals surface area contributed by atoms with E-state index in [1.54, 1.807) is 6.07 Å². The highest BCUT2D eigenvalue weighted by molar-refractivity contribution is 5.31. The molecule has 2 fully saturated rings. The van der Waals surface area contributed by atoms with Crippen LogP contribution in [0.3, 0.4) is 0 Å². The van der Waals surface area contributed by atoms with Crippen molar-refractivity contribution in [3.8, 4) is 0 Å². The molecule has 0 amide bonds. The Morgan fingerprint density at radius 1 is 1.19 bits per heavy atom. The number of piperidine rings is 2. The quantitative estimate of drug-likeness (QED) is 0.906. The Balaban J connectivity index is 1.50. The van der Waals surface area contributed by atoms with E-state index in [2.05, 4.69) is 24.3 Å². The summed E-state index contributed by atoms with van der Waals surface area (Å²) in [6.07, 6.45) is 9.63. The first kappa shape index (κ1) is 17.3. The molecule has 2 aliphatic rings. The van der Waals surface area contributed by atoms with Crippen molar-refractivity contribution in [3.05, 3.63) is 40.3 Å². The molecule has 0 spiro atoms. The fraction of sp³-hybridized carbons (Fsp3) is 0.632. The van der Waals surface area contributed by atoms with Gasteiger partial charge in [0.1, 0.15) is 0 Å². The normalized spacial score (nSPS) is 21.9. The summed E-state index contributed by atoms with van der Waals surface area (Å²) in [5.41, 5.74) is 2.14. The zero-order valence-corrected chi connectivity index (χ0v) is 15.5. The lowest BCUT2D eigenvalue weighted by Gasteiger charge is -2.33. The van der Waals surface area contributed by atoms with Crippen molar-refractivity contribution in [2.45, 2.75) is 44.6 Å². The maximum Gasteiger partial charge on any atom is 0.252 e. The summed E-state index contributed by atoms with van der Waals surface area (Å²) in [5, 5.41) is 0. The van der Waals surface area contributed by atoms with Crippen LogP contribution in [0.4, 0.5) is 5.95 Å². The molecule has 140 valence electrons. The van der Waals surface area contributed by atoms with Crippen molar-refractivity contribution in [2.75, 3.05) is 31.1 Å². The molecule has 4 heterocycles. The molecule has 0 aliphatic carbocycles. The van der Waals surface area contributed by atoms with Gasteiger partial charge in [0, 0.05) is 51.4 Å². The lowest BCUT2D eigenvalue weighted by Crippen LogP contribution is -2.36. The van der Waals surface area contributed by atoms with Crippen LogP contribution < -0.4 is 10.5 Å². The van der Waals surface area contributed by atoms with Gasteiger partial charge in [-0.1, -0.05) is 0 Å². The van der Waals surface area contributed by atoms with E-state index in [4.69, 9.17) is 4.98 Å². The number of aromatic nitrogens is 4. The van der Waals surface area contributed by atoms with E-state index in [0.29, 0.717) is 5.92 Å². The Bertz CT molecular complexity index is 791. The van der Waals surface area contributed by atoms with Crippen molar-refractivity contribution in [2.24, 2.45) is 7.05 Å². The first-order chi connectivity index (χ1) is 12.7. The average Bonchev–Trinajstić information content (AvgIpc) is 3.07. The Kier molecular flexibility index (Phi) is 5.06. The molecule has 7 heteroatoms. The zero-order valence-electron chi connectivity index (χ0n) is 15.5. The van der Waals surface area contributed by atoms with Crippen molar-refractivity contribution < 1.29 is 0 Å². The van der Waals surface area contributed by atoms with Gasteiger partial charge in [0.05, 0.1) is 17.7 Å². The molecule has 0 unspecified atom stereocenters. The Hall–Kier alpha value is -2.15. The third kappa shape index (κ3) is 3.82. The maximum atomic E-state index is 12.2. The zero-order chi connectivity index (χ0) is 17.9. The van der Waals surface area contributed by atoms with Crippen molar-refractivity contribution in [1.29, 1.82) is 0 Å². The van der Waals surface area contributed by atoms with E-state index in [0.717, 1.165) is 57.2 Å². The first-order valence-corrected chi connectivity index (χ1v) is 9.73. The molecular weight excluding hydrogens is 328 g/mol. The molecule has 2 aromatic heterocycles. The summed E-state index contributed by atoms with van der Waals surface area (Å²) in [7, 11) is 2.03. The standard InChI is InChI=1S/C19H28N6O/c1-23-14-20-11-16(23)13-24-7-5-6-15(12-24)17-10-18(26)22-19(21-17)25-8-3-2-4-9-25/h10-11,14-15H,2-9,12-13H2,1H3,(H,21,22,26)/t15-/m0/s1. The molecule has 26 heavy (non-hydrogen) atoms. The number of H-pyrrole nitrogens is 1. The SMILES string of the molecule is Cn1cncc1CN1CCC[C@H](c2cc(=O)[nH]c(N3CCCCC3)n2)C1. The summed E-state index contributed by atoms with van der Waals surface area (Å²) in [4.78, 5) is 28.9. The van der Waals surface area contributed by atoms with Crippen LogP contribution in [0.25, 0.3) is 0 Å². The molecule has 7 nitrogen and oxygen atoms in total. The van der Waals surface area contributed by atoms with Crippen molar-refractivity contribution in [1.82, 2.24) is 24.4 Å². The van der Waals surface area contributed by atoms with Crippen LogP contribution in [0.5, 0.6) is 0 Å². The summed E-state index contributed by atoms with van der Waals surface area (Å²) in [6, 6.07) is 1.70. The highest BCUT2D eigenvalue weighted by Gasteiger charge is 2.24. The molecule has 1 atom stereocenters. The van der Waals surface area contributed by atoms with Crippen LogP contribution in [0, 0.1) is 0 Å². The number of aryl methyl sites for hydroxylation is 1. The summed E-state index contributed by atoms with van der Waals surface area (Å²) >= 11 is 0. The number of likely N-dealkylation sites (tertiary alicyclic amines) is 1. The Labute approximate surface area is 154 Å². The van der Waals surface area contributed by atoms with E-state index in [9.17, 15) is 4.79 Å². The molecule has 2 aromatic rings. The van der Waals surface area contributed by atoms with Gasteiger partial charge in [-0.25, -0.2) is 9.97 Å². The number of hydrogen-bond acceptors (Lipinski definition) is 5. The molecule has 1 N–H and O–H groups in total. The van der Waals surface area contributed by atoms with Crippen LogP contribution in [0.1, 0.15) is 49.4 Å². The summed E-state index contributed by atoms with van der Waals surface area (Å²) in [5.74, 6) is 1.08. The van der Waals surface area contributed by atoms with Gasteiger partial charge in [-0.2, -0.15) is 0 Å². The lowest BCUT2D eigenvalue weighted by molar-refractivity contribution is 0.195. The second kappa shape index (κ2) is 7.61. The molecule has 0 bridgehead atoms. The van der Waals surface area contributed by atoms with Gasteiger partial charge >= 0.3 is 0 Å². The van der Waals surface area contributed by atoms with Gasteiger partial charge in [-0.05, 0) is 38.6 Å². The van der Waals surface area contributed by atoms with Gasteiger partial charge in [0.15, 0.2) is 0 Å². The summed E-state index contributed by atoms with van der Waals surface area (Å²) in [6.45, 7) is 4.91. The van der Waals surface area contributed by atoms with Crippen LogP contribution in [0.15, 0.2) is 23.4 Å². The third-order valence-electron chi connectivity index (χ3n) is 5.63. The number of nitrogens with one attached hydrogen (secondary N) is 1. The predicted molar refractivity (Wildman–Crippen MR) is 101 cm³/mol. The number of hydrogen-bond donors (Lipinski definition) is 1. The minimum atomic E-state index is -0.0284. The van der Waals surface area contributed by atoms with Crippen LogP contribution in [0.2, 0.25) is 0 Å². The third-order valence-corrected chi connectivity index (χ3v) is 5.63. The first-order valence-electron chi connectivity index (χ1n) is 9.73. The molecule has 0 radical (unpaired) electrons. The average molecular weight is 356 g/mol. The van der Waals surface area contributed by atoms with Gasteiger partial charge < -0.3 is 9.47 Å². The minimum absolute atomic E-state index is 0.0284. The van der Waals surface area contributed by atoms with Crippen LogP contribution in [-0.4, -0.2) is 50.6 Å².